The minimum absolute atomic E-state index is 0.0470. The maximum absolute atomic E-state index is 13.2. The summed E-state index contributed by atoms with van der Waals surface area (Å²) < 4.78 is 0. The lowest BCUT2D eigenvalue weighted by molar-refractivity contribution is -0.138. The Bertz CT molecular complexity index is 652. The highest BCUT2D eigenvalue weighted by Crippen LogP contribution is 2.46. The van der Waals surface area contributed by atoms with Gasteiger partial charge in [-0.05, 0) is 43.4 Å². The van der Waals surface area contributed by atoms with Gasteiger partial charge < -0.3 is 10.2 Å². The first kappa shape index (κ1) is 18.7. The van der Waals surface area contributed by atoms with E-state index in [9.17, 15) is 14.4 Å². The van der Waals surface area contributed by atoms with E-state index in [4.69, 9.17) is 0 Å². The van der Waals surface area contributed by atoms with Crippen molar-refractivity contribution in [3.8, 4) is 0 Å². The number of imide groups is 1. The Balaban J connectivity index is 1.38. The number of nitrogens with one attached hydrogen (secondary N) is 1. The molecule has 2 saturated heterocycles. The second-order valence-corrected chi connectivity index (χ2v) is 9.96. The van der Waals surface area contributed by atoms with Crippen molar-refractivity contribution in [1.29, 1.82) is 0 Å². The molecule has 2 heterocycles. The van der Waals surface area contributed by atoms with Crippen molar-refractivity contribution < 1.29 is 14.4 Å². The van der Waals surface area contributed by atoms with Crippen LogP contribution in [-0.4, -0.2) is 70.9 Å². The molecule has 2 saturated carbocycles. The largest absolute Gasteiger partial charge is 0.340 e. The Morgan fingerprint density at radius 3 is 2.37 bits per heavy atom. The number of piperazine rings is 1. The molecule has 0 radical (unpaired) electrons. The number of hydrogen-bond donors (Lipinski definition) is 1. The van der Waals surface area contributed by atoms with Gasteiger partial charge in [0.1, 0.15) is 5.54 Å². The van der Waals surface area contributed by atoms with Gasteiger partial charge in [0, 0.05) is 32.1 Å². The summed E-state index contributed by atoms with van der Waals surface area (Å²) >= 11 is 0. The van der Waals surface area contributed by atoms with Crippen LogP contribution in [0, 0.1) is 17.3 Å². The maximum atomic E-state index is 13.2. The fourth-order valence-corrected chi connectivity index (χ4v) is 5.53. The molecule has 4 rings (SSSR count). The molecule has 2 aliphatic heterocycles. The molecule has 4 amide bonds. The van der Waals surface area contributed by atoms with Gasteiger partial charge in [-0.3, -0.25) is 14.5 Å². The molecule has 7 heteroatoms. The number of amides is 4. The van der Waals surface area contributed by atoms with E-state index in [0.717, 1.165) is 25.7 Å². The van der Waals surface area contributed by atoms with Crippen molar-refractivity contribution in [3.05, 3.63) is 0 Å². The van der Waals surface area contributed by atoms with Gasteiger partial charge in [0.25, 0.3) is 5.91 Å². The summed E-state index contributed by atoms with van der Waals surface area (Å²) in [6.07, 6.45) is 4.56. The van der Waals surface area contributed by atoms with Crippen molar-refractivity contribution in [2.75, 3.05) is 32.8 Å². The molecular formula is C20H32N4O3. The third-order valence-electron chi connectivity index (χ3n) is 6.58. The fraction of sp³-hybridized carbons (Fsp3) is 0.850. The Labute approximate surface area is 161 Å². The fourth-order valence-electron chi connectivity index (χ4n) is 5.53. The number of carbonyl (C=O) groups is 3. The molecule has 0 bridgehead atoms. The highest BCUT2D eigenvalue weighted by Gasteiger charge is 2.56. The highest BCUT2D eigenvalue weighted by molar-refractivity contribution is 6.07. The molecular weight excluding hydrogens is 344 g/mol. The van der Waals surface area contributed by atoms with Crippen LogP contribution in [0.4, 0.5) is 4.79 Å². The van der Waals surface area contributed by atoms with Crippen LogP contribution in [0.25, 0.3) is 0 Å². The summed E-state index contributed by atoms with van der Waals surface area (Å²) in [6, 6.07) is -0.263. The van der Waals surface area contributed by atoms with Crippen molar-refractivity contribution in [1.82, 2.24) is 20.0 Å². The summed E-state index contributed by atoms with van der Waals surface area (Å²) in [5.74, 6) is 0.875. The van der Waals surface area contributed by atoms with E-state index in [2.05, 4.69) is 31.0 Å². The van der Waals surface area contributed by atoms with Gasteiger partial charge in [-0.1, -0.05) is 20.8 Å². The molecule has 0 aromatic carbocycles. The molecule has 27 heavy (non-hydrogen) atoms. The van der Waals surface area contributed by atoms with Gasteiger partial charge in [0.15, 0.2) is 0 Å². The lowest BCUT2D eigenvalue weighted by Crippen LogP contribution is -2.55. The summed E-state index contributed by atoms with van der Waals surface area (Å²) in [7, 11) is 0. The van der Waals surface area contributed by atoms with Gasteiger partial charge >= 0.3 is 6.03 Å². The molecule has 0 aromatic rings. The van der Waals surface area contributed by atoms with Gasteiger partial charge in [-0.25, -0.2) is 9.69 Å². The Kier molecular flexibility index (Phi) is 4.48. The quantitative estimate of drug-likeness (QED) is 0.760. The van der Waals surface area contributed by atoms with E-state index >= 15 is 0 Å². The standard InChI is InChI=1S/C20H32N4O3/c1-14-10-19(2,3)12-20(11-14)17(26)24(18(27)21-20)13-22-6-8-23(9-7-22)16(25)15-4-5-15/h14-15H,4-13H2,1-3H3,(H,21,27). The van der Waals surface area contributed by atoms with Gasteiger partial charge in [0.05, 0.1) is 6.67 Å². The smallest absolute Gasteiger partial charge is 0.326 e. The molecule has 4 fully saturated rings. The molecule has 1 N–H and O–H groups in total. The number of rotatable bonds is 3. The predicted molar refractivity (Wildman–Crippen MR) is 101 cm³/mol. The minimum Gasteiger partial charge on any atom is -0.340 e. The van der Waals surface area contributed by atoms with Crippen molar-refractivity contribution in [2.45, 2.75) is 58.4 Å². The zero-order valence-electron chi connectivity index (χ0n) is 16.8. The van der Waals surface area contributed by atoms with Crippen LogP contribution in [-0.2, 0) is 9.59 Å². The van der Waals surface area contributed by atoms with Crippen molar-refractivity contribution in [2.24, 2.45) is 17.3 Å². The third kappa shape index (κ3) is 3.58. The second kappa shape index (κ2) is 6.47. The van der Waals surface area contributed by atoms with Gasteiger partial charge in [-0.2, -0.15) is 0 Å². The third-order valence-corrected chi connectivity index (χ3v) is 6.58. The van der Waals surface area contributed by atoms with E-state index in [1.165, 1.54) is 4.90 Å². The predicted octanol–water partition coefficient (Wildman–Crippen LogP) is 1.63. The molecule has 0 aromatic heterocycles. The van der Waals surface area contributed by atoms with E-state index in [1.807, 2.05) is 4.90 Å². The number of carbonyl (C=O) groups excluding carboxylic acids is 3. The van der Waals surface area contributed by atoms with E-state index in [-0.39, 0.29) is 29.2 Å². The average molecular weight is 377 g/mol. The molecule has 2 aliphatic carbocycles. The zero-order chi connectivity index (χ0) is 19.4. The first-order valence-electron chi connectivity index (χ1n) is 10.3. The van der Waals surface area contributed by atoms with Crippen LogP contribution in [0.5, 0.6) is 0 Å². The monoisotopic (exact) mass is 376 g/mol. The lowest BCUT2D eigenvalue weighted by Gasteiger charge is -2.44. The van der Waals surface area contributed by atoms with Crippen molar-refractivity contribution in [3.63, 3.8) is 0 Å². The SMILES string of the molecule is CC1CC(C)(C)CC2(C1)NC(=O)N(CN1CCN(C(=O)C3CC3)CC1)C2=O. The van der Waals surface area contributed by atoms with Crippen LogP contribution < -0.4 is 5.32 Å². The molecule has 2 atom stereocenters. The normalized spacial score (nSPS) is 34.3. The lowest BCUT2D eigenvalue weighted by atomic mass is 9.64. The van der Waals surface area contributed by atoms with Crippen LogP contribution in [0.15, 0.2) is 0 Å². The maximum Gasteiger partial charge on any atom is 0.326 e. The van der Waals surface area contributed by atoms with Gasteiger partial charge in [0.2, 0.25) is 5.91 Å². The Morgan fingerprint density at radius 1 is 1.11 bits per heavy atom. The van der Waals surface area contributed by atoms with Gasteiger partial charge in [-0.15, -0.1) is 0 Å². The molecule has 4 aliphatic rings. The van der Waals surface area contributed by atoms with Crippen LogP contribution in [0.3, 0.4) is 0 Å². The average Bonchev–Trinajstić information content (AvgIpc) is 3.39. The molecule has 1 spiro atoms. The molecule has 7 nitrogen and oxygen atoms in total. The van der Waals surface area contributed by atoms with E-state index < -0.39 is 5.54 Å². The molecule has 2 unspecified atom stereocenters. The second-order valence-electron chi connectivity index (χ2n) is 9.96. The number of nitrogens with zero attached hydrogens (tertiary/aromatic N) is 3. The minimum atomic E-state index is -0.734. The summed E-state index contributed by atoms with van der Waals surface area (Å²) in [5, 5.41) is 3.04. The number of urea groups is 1. The highest BCUT2D eigenvalue weighted by atomic mass is 16.2. The summed E-state index contributed by atoms with van der Waals surface area (Å²) in [5.41, 5.74) is -0.687. The van der Waals surface area contributed by atoms with Crippen LogP contribution in [0.1, 0.15) is 52.9 Å². The first-order chi connectivity index (χ1) is 12.7. The topological polar surface area (TPSA) is 73.0 Å². The Morgan fingerprint density at radius 2 is 1.78 bits per heavy atom. The van der Waals surface area contributed by atoms with E-state index in [0.29, 0.717) is 45.2 Å². The van der Waals surface area contributed by atoms with E-state index in [1.54, 1.807) is 0 Å². The van der Waals surface area contributed by atoms with Crippen molar-refractivity contribution >= 4 is 17.8 Å². The van der Waals surface area contributed by atoms with Crippen LogP contribution in [0.2, 0.25) is 0 Å². The zero-order valence-corrected chi connectivity index (χ0v) is 16.8. The number of hydrogen-bond acceptors (Lipinski definition) is 4. The van der Waals surface area contributed by atoms with Crippen LogP contribution >= 0.6 is 0 Å². The summed E-state index contributed by atoms with van der Waals surface area (Å²) in [4.78, 5) is 43.5. The molecule has 150 valence electrons. The summed E-state index contributed by atoms with van der Waals surface area (Å²) in [6.45, 7) is 9.66. The Hall–Kier alpha value is -1.63. The first-order valence-corrected chi connectivity index (χ1v) is 10.3.